The lowest BCUT2D eigenvalue weighted by Gasteiger charge is -2.23. The Morgan fingerprint density at radius 1 is 1.33 bits per heavy atom. The molecule has 3 rings (SSSR count). The summed E-state index contributed by atoms with van der Waals surface area (Å²) < 4.78 is 6.90. The molecule has 0 aromatic carbocycles. The number of nitrogens with zero attached hydrogens (tertiary/aromatic N) is 5. The molecule has 3 heterocycles. The topological polar surface area (TPSA) is 80.6 Å². The van der Waals surface area contributed by atoms with Gasteiger partial charge in [-0.1, -0.05) is 13.8 Å². The summed E-state index contributed by atoms with van der Waals surface area (Å²) in [5, 5.41) is 0. The molecule has 2 aromatic heterocycles. The van der Waals surface area contributed by atoms with E-state index < -0.39 is 6.04 Å². The highest BCUT2D eigenvalue weighted by molar-refractivity contribution is 5.98. The highest BCUT2D eigenvalue weighted by atomic mass is 16.5. The summed E-state index contributed by atoms with van der Waals surface area (Å²) >= 11 is 0. The van der Waals surface area contributed by atoms with Crippen molar-refractivity contribution in [1.29, 1.82) is 0 Å². The van der Waals surface area contributed by atoms with Crippen molar-refractivity contribution in [2.45, 2.75) is 38.9 Å². The average molecular weight is 373 g/mol. The quantitative estimate of drug-likeness (QED) is 0.737. The average Bonchev–Trinajstić information content (AvgIpc) is 3.24. The summed E-state index contributed by atoms with van der Waals surface area (Å²) in [5.41, 5.74) is 1.88. The lowest BCUT2D eigenvalue weighted by Crippen LogP contribution is -2.41. The molecule has 2 aromatic rings. The zero-order valence-electron chi connectivity index (χ0n) is 16.5. The first-order valence-corrected chi connectivity index (χ1v) is 9.18. The third kappa shape index (κ3) is 3.80. The van der Waals surface area contributed by atoms with Crippen molar-refractivity contribution in [3.8, 4) is 0 Å². The number of hydrogen-bond acceptors (Lipinski definition) is 6. The molecule has 1 aliphatic rings. The molecule has 27 heavy (non-hydrogen) atoms. The normalized spacial score (nSPS) is 20.0. The van der Waals surface area contributed by atoms with Gasteiger partial charge in [0.25, 0.3) is 5.91 Å². The number of carbonyl (C=O) groups excluding carboxylic acids is 2. The van der Waals surface area contributed by atoms with E-state index in [2.05, 4.69) is 23.8 Å². The van der Waals surface area contributed by atoms with Crippen molar-refractivity contribution < 1.29 is 14.3 Å². The number of carbonyl (C=O) groups is 2. The minimum Gasteiger partial charge on any atom is -0.467 e. The Hall–Kier alpha value is -2.48. The van der Waals surface area contributed by atoms with Crippen molar-refractivity contribution >= 4 is 23.0 Å². The minimum absolute atomic E-state index is 0.111. The maximum atomic E-state index is 13.1. The maximum absolute atomic E-state index is 13.1. The second-order valence-corrected chi connectivity index (χ2v) is 7.71. The molecule has 2 atom stereocenters. The van der Waals surface area contributed by atoms with Crippen LogP contribution in [0.5, 0.6) is 0 Å². The van der Waals surface area contributed by atoms with E-state index >= 15 is 0 Å². The Kier molecular flexibility index (Phi) is 5.46. The van der Waals surface area contributed by atoms with Crippen LogP contribution in [-0.4, -0.2) is 76.0 Å². The van der Waals surface area contributed by atoms with E-state index in [1.54, 1.807) is 23.5 Å². The fourth-order valence-corrected chi connectivity index (χ4v) is 3.53. The summed E-state index contributed by atoms with van der Waals surface area (Å²) in [6.45, 7) is 5.56. The number of likely N-dealkylation sites (N-methyl/N-ethyl adjacent to an activating group) is 1. The van der Waals surface area contributed by atoms with Crippen LogP contribution in [-0.2, 0) is 16.1 Å². The lowest BCUT2D eigenvalue weighted by atomic mass is 10.1. The molecule has 1 aliphatic heterocycles. The number of pyridine rings is 1. The van der Waals surface area contributed by atoms with E-state index in [1.165, 1.54) is 7.11 Å². The van der Waals surface area contributed by atoms with E-state index in [0.717, 1.165) is 12.2 Å². The van der Waals surface area contributed by atoms with Gasteiger partial charge in [0.2, 0.25) is 0 Å². The van der Waals surface area contributed by atoms with Crippen LogP contribution < -0.4 is 0 Å². The second-order valence-electron chi connectivity index (χ2n) is 7.71. The number of imidazole rings is 1. The van der Waals surface area contributed by atoms with Crippen LogP contribution >= 0.6 is 0 Å². The van der Waals surface area contributed by atoms with Crippen molar-refractivity contribution in [3.05, 3.63) is 24.2 Å². The van der Waals surface area contributed by atoms with Gasteiger partial charge in [-0.2, -0.15) is 0 Å². The highest BCUT2D eigenvalue weighted by Gasteiger charge is 2.41. The van der Waals surface area contributed by atoms with Crippen LogP contribution in [0.3, 0.4) is 0 Å². The zero-order valence-corrected chi connectivity index (χ0v) is 16.5. The molecule has 1 amide bonds. The third-order valence-corrected chi connectivity index (χ3v) is 5.01. The van der Waals surface area contributed by atoms with Gasteiger partial charge in [0, 0.05) is 25.3 Å². The number of methoxy groups -OCH3 is 1. The monoisotopic (exact) mass is 373 g/mol. The Morgan fingerprint density at radius 2 is 2.07 bits per heavy atom. The summed E-state index contributed by atoms with van der Waals surface area (Å²) in [6.07, 6.45) is 3.88. The van der Waals surface area contributed by atoms with Crippen LogP contribution in [0.1, 0.15) is 30.6 Å². The molecule has 0 bridgehead atoms. The van der Waals surface area contributed by atoms with Gasteiger partial charge >= 0.3 is 5.97 Å². The molecule has 8 nitrogen and oxygen atoms in total. The number of likely N-dealkylation sites (tertiary alicyclic amines) is 1. The SMILES string of the molecule is COC(=O)[C@@H]1C[C@@H](N(C)C)CN1C(=O)c1cnc2c(c1)ncn2CC(C)C. The van der Waals surface area contributed by atoms with Gasteiger partial charge in [-0.3, -0.25) is 4.79 Å². The molecule has 1 fully saturated rings. The first kappa shape index (κ1) is 19.3. The fraction of sp³-hybridized carbons (Fsp3) is 0.579. The largest absolute Gasteiger partial charge is 0.467 e. The van der Waals surface area contributed by atoms with Gasteiger partial charge in [-0.25, -0.2) is 14.8 Å². The molecule has 0 aliphatic carbocycles. The Morgan fingerprint density at radius 3 is 2.70 bits per heavy atom. The van der Waals surface area contributed by atoms with Gasteiger partial charge < -0.3 is 19.1 Å². The number of esters is 1. The zero-order chi connectivity index (χ0) is 19.7. The van der Waals surface area contributed by atoms with E-state index in [9.17, 15) is 9.59 Å². The predicted octanol–water partition coefficient (Wildman–Crippen LogP) is 1.40. The second kappa shape index (κ2) is 7.64. The van der Waals surface area contributed by atoms with Crippen molar-refractivity contribution in [1.82, 2.24) is 24.3 Å². The van der Waals surface area contributed by atoms with Gasteiger partial charge in [0.05, 0.1) is 19.0 Å². The van der Waals surface area contributed by atoms with E-state index in [1.807, 2.05) is 23.6 Å². The van der Waals surface area contributed by atoms with Crippen LogP contribution in [0.25, 0.3) is 11.2 Å². The number of rotatable bonds is 5. The number of fused-ring (bicyclic) bond motifs is 1. The number of aromatic nitrogens is 3. The standard InChI is InChI=1S/C19H27N5O3/c1-12(2)9-23-11-21-15-6-13(8-20-17(15)23)18(25)24-10-14(22(3)4)7-16(24)19(26)27-5/h6,8,11-12,14,16H,7,9-10H2,1-5H3/t14-,16+/m1/s1. The van der Waals surface area contributed by atoms with E-state index in [0.29, 0.717) is 30.0 Å². The van der Waals surface area contributed by atoms with Crippen LogP contribution in [0.15, 0.2) is 18.6 Å². The van der Waals surface area contributed by atoms with E-state index in [4.69, 9.17) is 4.74 Å². The molecular formula is C19H27N5O3. The third-order valence-electron chi connectivity index (χ3n) is 5.01. The van der Waals surface area contributed by atoms with Gasteiger partial charge in [0.15, 0.2) is 5.65 Å². The lowest BCUT2D eigenvalue weighted by molar-refractivity contribution is -0.145. The fourth-order valence-electron chi connectivity index (χ4n) is 3.53. The molecule has 0 radical (unpaired) electrons. The minimum atomic E-state index is -0.580. The van der Waals surface area contributed by atoms with Crippen molar-refractivity contribution in [2.75, 3.05) is 27.7 Å². The number of amides is 1. The molecule has 8 heteroatoms. The summed E-state index contributed by atoms with van der Waals surface area (Å²) in [5.74, 6) is -0.135. The first-order valence-electron chi connectivity index (χ1n) is 9.18. The molecule has 0 N–H and O–H groups in total. The van der Waals surface area contributed by atoms with Gasteiger partial charge in [-0.15, -0.1) is 0 Å². The Labute approximate surface area is 159 Å². The summed E-state index contributed by atoms with van der Waals surface area (Å²) in [7, 11) is 5.24. The Balaban J connectivity index is 1.88. The summed E-state index contributed by atoms with van der Waals surface area (Å²) in [4.78, 5) is 37.7. The molecule has 0 unspecified atom stereocenters. The molecule has 1 saturated heterocycles. The predicted molar refractivity (Wildman–Crippen MR) is 101 cm³/mol. The van der Waals surface area contributed by atoms with Gasteiger partial charge in [0.1, 0.15) is 11.6 Å². The summed E-state index contributed by atoms with van der Waals surface area (Å²) in [6, 6.07) is 1.28. The number of hydrogen-bond donors (Lipinski definition) is 0. The highest BCUT2D eigenvalue weighted by Crippen LogP contribution is 2.25. The number of ether oxygens (including phenoxy) is 1. The maximum Gasteiger partial charge on any atom is 0.328 e. The molecular weight excluding hydrogens is 346 g/mol. The first-order chi connectivity index (χ1) is 12.8. The Bertz CT molecular complexity index is 845. The smallest absolute Gasteiger partial charge is 0.328 e. The van der Waals surface area contributed by atoms with Crippen LogP contribution in [0.2, 0.25) is 0 Å². The van der Waals surface area contributed by atoms with Crippen LogP contribution in [0, 0.1) is 5.92 Å². The van der Waals surface area contributed by atoms with Crippen LogP contribution in [0.4, 0.5) is 0 Å². The van der Waals surface area contributed by atoms with Gasteiger partial charge in [-0.05, 0) is 32.5 Å². The molecule has 0 spiro atoms. The van der Waals surface area contributed by atoms with Crippen molar-refractivity contribution in [2.24, 2.45) is 5.92 Å². The van der Waals surface area contributed by atoms with E-state index in [-0.39, 0.29) is 17.9 Å². The molecule has 146 valence electrons. The molecule has 0 saturated carbocycles. The van der Waals surface area contributed by atoms with Crippen molar-refractivity contribution in [3.63, 3.8) is 0 Å².